The van der Waals surface area contributed by atoms with Gasteiger partial charge in [0.2, 0.25) is 0 Å². The molecule has 1 saturated heterocycles. The lowest BCUT2D eigenvalue weighted by Crippen LogP contribution is -2.45. The number of aryl methyl sites for hydroxylation is 2. The van der Waals surface area contributed by atoms with Gasteiger partial charge in [-0.15, -0.1) is 0 Å². The van der Waals surface area contributed by atoms with E-state index in [1.54, 1.807) is 39.4 Å². The number of rotatable bonds is 5. The average molecular weight is 450 g/mol. The normalized spacial score (nSPS) is 16.9. The molecule has 0 bridgehead atoms. The molecule has 3 heterocycles. The molecule has 1 aliphatic heterocycles. The topological polar surface area (TPSA) is 118 Å². The van der Waals surface area contributed by atoms with Crippen LogP contribution in [-0.4, -0.2) is 60.9 Å². The number of imidazole rings is 1. The smallest absolute Gasteiger partial charge is 0.410 e. The maximum atomic E-state index is 12.7. The molecule has 2 aromatic rings. The van der Waals surface area contributed by atoms with E-state index >= 15 is 0 Å². The fourth-order valence-corrected chi connectivity index (χ4v) is 3.77. The van der Waals surface area contributed by atoms with E-state index in [-0.39, 0.29) is 25.7 Å². The van der Waals surface area contributed by atoms with E-state index in [1.807, 2.05) is 0 Å². The van der Waals surface area contributed by atoms with E-state index in [0.29, 0.717) is 37.0 Å². The molecular formula is C21H31N5O6. The van der Waals surface area contributed by atoms with Gasteiger partial charge < -0.3 is 18.9 Å². The fraction of sp³-hybridized carbons (Fsp3) is 0.667. The molecule has 3 rings (SSSR count). The van der Waals surface area contributed by atoms with Gasteiger partial charge in [0.05, 0.1) is 18.9 Å². The number of ether oxygens (including phenoxy) is 2. The number of piperidine rings is 1. The van der Waals surface area contributed by atoms with Gasteiger partial charge in [0.15, 0.2) is 11.2 Å². The lowest BCUT2D eigenvalue weighted by Gasteiger charge is -2.33. The number of carbonyl (C=O) groups is 2. The Kier molecular flexibility index (Phi) is 6.75. The Morgan fingerprint density at radius 2 is 1.94 bits per heavy atom. The number of hydrogen-bond acceptors (Lipinski definition) is 7. The molecule has 1 unspecified atom stereocenters. The Hall–Kier alpha value is -3.11. The number of carbonyl (C=O) groups excluding carboxylic acids is 2. The molecule has 0 N–H and O–H groups in total. The van der Waals surface area contributed by atoms with Crippen molar-refractivity contribution in [2.75, 3.05) is 19.7 Å². The number of aromatic nitrogens is 4. The number of amides is 1. The van der Waals surface area contributed by atoms with Crippen LogP contribution in [0, 0.1) is 5.92 Å². The third-order valence-corrected chi connectivity index (χ3v) is 5.38. The number of hydrogen-bond donors (Lipinski definition) is 0. The zero-order valence-electron chi connectivity index (χ0n) is 19.3. The molecule has 0 aliphatic carbocycles. The lowest BCUT2D eigenvalue weighted by atomic mass is 9.98. The minimum atomic E-state index is -0.599. The standard InChI is InChI=1S/C21H31N5O6/c1-21(2,3)32-20(30)25-9-6-8-14(12-25)18(28)31-11-7-10-26-17(27)15-16(22-13-23(15)4)24(5)19(26)29/h13-14H,6-12H2,1-5H3. The van der Waals surface area contributed by atoms with Crippen molar-refractivity contribution in [3.8, 4) is 0 Å². The third-order valence-electron chi connectivity index (χ3n) is 5.38. The van der Waals surface area contributed by atoms with Crippen LogP contribution in [0.15, 0.2) is 15.9 Å². The molecule has 0 radical (unpaired) electrons. The molecule has 2 aromatic heterocycles. The zero-order chi connectivity index (χ0) is 23.6. The number of fused-ring (bicyclic) bond motifs is 1. The number of esters is 1. The van der Waals surface area contributed by atoms with Gasteiger partial charge in [-0.2, -0.15) is 0 Å². The first-order chi connectivity index (χ1) is 15.0. The van der Waals surface area contributed by atoms with Crippen LogP contribution in [-0.2, 0) is 34.9 Å². The van der Waals surface area contributed by atoms with Gasteiger partial charge in [0.1, 0.15) is 5.60 Å². The van der Waals surface area contributed by atoms with Crippen molar-refractivity contribution < 1.29 is 19.1 Å². The molecular weight excluding hydrogens is 418 g/mol. The van der Waals surface area contributed by atoms with Gasteiger partial charge in [0, 0.05) is 33.7 Å². The van der Waals surface area contributed by atoms with Gasteiger partial charge in [-0.05, 0) is 40.0 Å². The Morgan fingerprint density at radius 3 is 2.62 bits per heavy atom. The molecule has 0 spiro atoms. The van der Waals surface area contributed by atoms with Crippen molar-refractivity contribution in [3.05, 3.63) is 27.2 Å². The van der Waals surface area contributed by atoms with Gasteiger partial charge >= 0.3 is 17.8 Å². The van der Waals surface area contributed by atoms with Gasteiger partial charge in [-0.25, -0.2) is 14.6 Å². The second kappa shape index (κ2) is 9.17. The highest BCUT2D eigenvalue weighted by atomic mass is 16.6. The SMILES string of the molecule is Cn1cnc2c1c(=O)n(CCCOC(=O)C1CCCN(C(=O)OC(C)(C)C)C1)c(=O)n2C. The monoisotopic (exact) mass is 449 g/mol. The van der Waals surface area contributed by atoms with Gasteiger partial charge in [-0.1, -0.05) is 0 Å². The number of nitrogens with zero attached hydrogens (tertiary/aromatic N) is 5. The van der Waals surface area contributed by atoms with E-state index in [2.05, 4.69) is 4.98 Å². The molecule has 1 aliphatic rings. The molecule has 0 saturated carbocycles. The first-order valence-corrected chi connectivity index (χ1v) is 10.7. The first-order valence-electron chi connectivity index (χ1n) is 10.7. The van der Waals surface area contributed by atoms with Crippen LogP contribution in [0.4, 0.5) is 4.79 Å². The predicted octanol–water partition coefficient (Wildman–Crippen LogP) is 1.01. The average Bonchev–Trinajstić information content (AvgIpc) is 3.12. The summed E-state index contributed by atoms with van der Waals surface area (Å²) in [5.74, 6) is -0.807. The van der Waals surface area contributed by atoms with Crippen LogP contribution >= 0.6 is 0 Å². The van der Waals surface area contributed by atoms with Crippen molar-refractivity contribution in [3.63, 3.8) is 0 Å². The van der Waals surface area contributed by atoms with Crippen molar-refractivity contribution in [2.24, 2.45) is 20.0 Å². The molecule has 1 fully saturated rings. The largest absolute Gasteiger partial charge is 0.465 e. The summed E-state index contributed by atoms with van der Waals surface area (Å²) in [7, 11) is 3.26. The maximum absolute atomic E-state index is 12.7. The second-order valence-electron chi connectivity index (χ2n) is 9.11. The summed E-state index contributed by atoms with van der Waals surface area (Å²) in [6.45, 7) is 6.38. The van der Waals surface area contributed by atoms with Crippen molar-refractivity contribution in [2.45, 2.75) is 52.2 Å². The highest BCUT2D eigenvalue weighted by Gasteiger charge is 2.31. The highest BCUT2D eigenvalue weighted by Crippen LogP contribution is 2.20. The molecule has 1 atom stereocenters. The zero-order valence-corrected chi connectivity index (χ0v) is 19.3. The van der Waals surface area contributed by atoms with Crippen LogP contribution in [0.1, 0.15) is 40.0 Å². The van der Waals surface area contributed by atoms with E-state index in [9.17, 15) is 19.2 Å². The number of likely N-dealkylation sites (tertiary alicyclic amines) is 1. The van der Waals surface area contributed by atoms with E-state index in [1.165, 1.54) is 15.8 Å². The molecule has 0 aromatic carbocycles. The van der Waals surface area contributed by atoms with E-state index in [4.69, 9.17) is 9.47 Å². The minimum absolute atomic E-state index is 0.0702. The molecule has 1 amide bonds. The van der Waals surface area contributed by atoms with E-state index in [0.717, 1.165) is 4.57 Å². The summed E-state index contributed by atoms with van der Waals surface area (Å²) in [6, 6.07) is 0. The highest BCUT2D eigenvalue weighted by molar-refractivity contribution is 5.75. The van der Waals surface area contributed by atoms with Crippen LogP contribution in [0.5, 0.6) is 0 Å². The van der Waals surface area contributed by atoms with Crippen LogP contribution < -0.4 is 11.2 Å². The Bertz CT molecular complexity index is 1120. The quantitative estimate of drug-likeness (QED) is 0.494. The molecule has 32 heavy (non-hydrogen) atoms. The minimum Gasteiger partial charge on any atom is -0.465 e. The maximum Gasteiger partial charge on any atom is 0.410 e. The summed E-state index contributed by atoms with van der Waals surface area (Å²) in [6.07, 6.45) is 2.69. The Labute approximate surface area is 185 Å². The molecule has 11 heteroatoms. The van der Waals surface area contributed by atoms with Crippen molar-refractivity contribution in [1.82, 2.24) is 23.6 Å². The summed E-state index contributed by atoms with van der Waals surface area (Å²) < 4.78 is 14.8. The summed E-state index contributed by atoms with van der Waals surface area (Å²) in [4.78, 5) is 55.6. The first kappa shape index (κ1) is 23.6. The summed E-state index contributed by atoms with van der Waals surface area (Å²) >= 11 is 0. The van der Waals surface area contributed by atoms with Crippen LogP contribution in [0.3, 0.4) is 0 Å². The van der Waals surface area contributed by atoms with Gasteiger partial charge in [0.25, 0.3) is 5.56 Å². The molecule has 176 valence electrons. The fourth-order valence-electron chi connectivity index (χ4n) is 3.77. The summed E-state index contributed by atoms with van der Waals surface area (Å²) in [5.41, 5.74) is -0.814. The summed E-state index contributed by atoms with van der Waals surface area (Å²) in [5, 5.41) is 0. The lowest BCUT2D eigenvalue weighted by molar-refractivity contribution is -0.150. The van der Waals surface area contributed by atoms with E-state index < -0.39 is 28.9 Å². The Balaban J connectivity index is 1.56. The van der Waals surface area contributed by atoms with Crippen molar-refractivity contribution in [1.29, 1.82) is 0 Å². The third kappa shape index (κ3) is 5.03. The second-order valence-corrected chi connectivity index (χ2v) is 9.11. The molecule has 11 nitrogen and oxygen atoms in total. The van der Waals surface area contributed by atoms with Crippen molar-refractivity contribution >= 4 is 23.2 Å². The predicted molar refractivity (Wildman–Crippen MR) is 116 cm³/mol. The van der Waals surface area contributed by atoms with Crippen LogP contribution in [0.2, 0.25) is 0 Å². The van der Waals surface area contributed by atoms with Crippen LogP contribution in [0.25, 0.3) is 11.2 Å². The van der Waals surface area contributed by atoms with Gasteiger partial charge in [-0.3, -0.25) is 18.7 Å². The Morgan fingerprint density at radius 1 is 1.22 bits per heavy atom.